The molecule has 0 unspecified atom stereocenters. The molecule has 1 heterocycles. The minimum Gasteiger partial charge on any atom is -0.310 e. The molecule has 290 valence electrons. The highest BCUT2D eigenvalue weighted by Crippen LogP contribution is 2.44. The highest BCUT2D eigenvalue weighted by molar-refractivity contribution is 7.25. The quantitative estimate of drug-likeness (QED) is 0.145. The molecule has 0 aliphatic carbocycles. The van der Waals surface area contributed by atoms with Gasteiger partial charge in [-0.3, -0.25) is 0 Å². The van der Waals surface area contributed by atoms with E-state index in [-0.39, 0.29) is 0 Å². The molecule has 0 aliphatic heterocycles. The van der Waals surface area contributed by atoms with E-state index in [0.29, 0.717) is 0 Å². The summed E-state index contributed by atoms with van der Waals surface area (Å²) in [6.07, 6.45) is 0. The molecule has 0 saturated heterocycles. The van der Waals surface area contributed by atoms with E-state index in [1.54, 1.807) is 0 Å². The SMILES string of the molecule is c1cc(-c2ccccc2N(c2ccc(-c3ccc4c(ccc5ccccc54)c3)cc2)c2ccc(-c3ccc4c(c3)sc3ccccc34)cc2)cc(-c2cccc3ccccc23)c1. The van der Waals surface area contributed by atoms with E-state index in [9.17, 15) is 0 Å². The van der Waals surface area contributed by atoms with Crippen molar-refractivity contribution >= 4 is 80.9 Å². The molecule has 12 rings (SSSR count). The minimum absolute atomic E-state index is 1.10. The molecule has 0 radical (unpaired) electrons. The minimum atomic E-state index is 1.10. The third-order valence-electron chi connectivity index (χ3n) is 12.5. The molecule has 0 N–H and O–H groups in total. The molecule has 0 atom stereocenters. The van der Waals surface area contributed by atoms with Gasteiger partial charge in [-0.1, -0.05) is 182 Å². The molecule has 0 spiro atoms. The summed E-state index contributed by atoms with van der Waals surface area (Å²) in [5, 5.41) is 10.2. The fourth-order valence-electron chi connectivity index (χ4n) is 9.38. The smallest absolute Gasteiger partial charge is 0.0540 e. The van der Waals surface area contributed by atoms with Crippen molar-refractivity contribution in [3.8, 4) is 44.5 Å². The van der Waals surface area contributed by atoms with Crippen LogP contribution in [0, 0.1) is 0 Å². The first-order valence-electron chi connectivity index (χ1n) is 21.2. The maximum absolute atomic E-state index is 2.41. The van der Waals surface area contributed by atoms with Gasteiger partial charge in [-0.25, -0.2) is 0 Å². The molecule has 0 saturated carbocycles. The van der Waals surface area contributed by atoms with Crippen LogP contribution in [-0.4, -0.2) is 0 Å². The lowest BCUT2D eigenvalue weighted by molar-refractivity contribution is 1.28. The van der Waals surface area contributed by atoms with Crippen LogP contribution in [0.2, 0.25) is 0 Å². The van der Waals surface area contributed by atoms with E-state index in [0.717, 1.165) is 17.1 Å². The van der Waals surface area contributed by atoms with Gasteiger partial charge in [-0.15, -0.1) is 11.3 Å². The van der Waals surface area contributed by atoms with Crippen LogP contribution in [0.25, 0.3) is 97.0 Å². The molecule has 2 heteroatoms. The van der Waals surface area contributed by atoms with E-state index >= 15 is 0 Å². The molecule has 1 nitrogen and oxygen atoms in total. The van der Waals surface area contributed by atoms with Crippen molar-refractivity contribution in [2.24, 2.45) is 0 Å². The summed E-state index contributed by atoms with van der Waals surface area (Å²) in [5.41, 5.74) is 12.9. The summed E-state index contributed by atoms with van der Waals surface area (Å²) >= 11 is 1.86. The second-order valence-electron chi connectivity index (χ2n) is 16.1. The van der Waals surface area contributed by atoms with Crippen molar-refractivity contribution in [3.05, 3.63) is 237 Å². The van der Waals surface area contributed by atoms with Crippen molar-refractivity contribution < 1.29 is 0 Å². The fraction of sp³-hybridized carbons (Fsp3) is 0. The Morgan fingerprint density at radius 1 is 0.258 bits per heavy atom. The third kappa shape index (κ3) is 6.32. The predicted molar refractivity (Wildman–Crippen MR) is 268 cm³/mol. The van der Waals surface area contributed by atoms with Crippen LogP contribution in [0.4, 0.5) is 17.1 Å². The number of benzene rings is 11. The van der Waals surface area contributed by atoms with Crippen LogP contribution >= 0.6 is 11.3 Å². The molecule has 11 aromatic carbocycles. The van der Waals surface area contributed by atoms with Crippen LogP contribution in [-0.2, 0) is 0 Å². The van der Waals surface area contributed by atoms with Crippen LogP contribution < -0.4 is 4.90 Å². The Morgan fingerprint density at radius 2 is 0.758 bits per heavy atom. The number of thiophene rings is 1. The largest absolute Gasteiger partial charge is 0.310 e. The Bertz CT molecular complexity index is 3630. The van der Waals surface area contributed by atoms with Crippen molar-refractivity contribution in [1.82, 2.24) is 0 Å². The lowest BCUT2D eigenvalue weighted by Crippen LogP contribution is -2.11. The van der Waals surface area contributed by atoms with Gasteiger partial charge in [0.1, 0.15) is 0 Å². The number of para-hydroxylation sites is 1. The van der Waals surface area contributed by atoms with Gasteiger partial charge in [0.2, 0.25) is 0 Å². The van der Waals surface area contributed by atoms with Gasteiger partial charge in [0.25, 0.3) is 0 Å². The topological polar surface area (TPSA) is 3.24 Å². The highest BCUT2D eigenvalue weighted by Gasteiger charge is 2.19. The first-order chi connectivity index (χ1) is 30.7. The summed E-state index contributed by atoms with van der Waals surface area (Å²) in [6.45, 7) is 0. The Morgan fingerprint density at radius 3 is 1.53 bits per heavy atom. The van der Waals surface area contributed by atoms with Gasteiger partial charge in [-0.05, 0) is 126 Å². The van der Waals surface area contributed by atoms with Gasteiger partial charge in [0.15, 0.2) is 0 Å². The molecule has 12 aromatic rings. The summed E-state index contributed by atoms with van der Waals surface area (Å²) in [4.78, 5) is 2.41. The van der Waals surface area contributed by atoms with Crippen molar-refractivity contribution in [3.63, 3.8) is 0 Å². The second kappa shape index (κ2) is 15.0. The third-order valence-corrected chi connectivity index (χ3v) is 13.6. The summed E-state index contributed by atoms with van der Waals surface area (Å²) in [5.74, 6) is 0. The number of nitrogens with zero attached hydrogens (tertiary/aromatic N) is 1. The summed E-state index contributed by atoms with van der Waals surface area (Å²) in [6, 6.07) is 86.8. The number of hydrogen-bond acceptors (Lipinski definition) is 2. The Balaban J connectivity index is 0.960. The van der Waals surface area contributed by atoms with Gasteiger partial charge in [-0.2, -0.15) is 0 Å². The second-order valence-corrected chi connectivity index (χ2v) is 17.2. The van der Waals surface area contributed by atoms with E-state index in [4.69, 9.17) is 0 Å². The van der Waals surface area contributed by atoms with Gasteiger partial charge < -0.3 is 4.90 Å². The lowest BCUT2D eigenvalue weighted by atomic mass is 9.94. The average Bonchev–Trinajstić information content (AvgIpc) is 3.72. The Hall–Kier alpha value is -7.78. The fourth-order valence-corrected chi connectivity index (χ4v) is 10.5. The Labute approximate surface area is 365 Å². The maximum Gasteiger partial charge on any atom is 0.0540 e. The number of fused-ring (bicyclic) bond motifs is 7. The standard InChI is InChI=1S/C60H39NS/c1-3-16-51-42(11-1)13-10-20-53(51)46-14-9-15-47(38-46)55-18-5-7-21-58(55)61(50-33-27-41(28-34-50)45-30-36-57-56-19-6-8-22-59(56)62-60(57)39-45)49-31-25-40(26-32-49)44-29-35-54-48(37-44)24-23-43-12-2-4-17-52(43)54/h1-39H. The zero-order chi connectivity index (χ0) is 41.0. The number of hydrogen-bond donors (Lipinski definition) is 0. The molecular formula is C60H39NS. The molecular weight excluding hydrogens is 767 g/mol. The number of rotatable bonds is 7. The molecule has 0 aliphatic rings. The maximum atomic E-state index is 2.41. The van der Waals surface area contributed by atoms with E-state index in [1.165, 1.54) is 97.0 Å². The van der Waals surface area contributed by atoms with Crippen molar-refractivity contribution in [2.45, 2.75) is 0 Å². The van der Waals surface area contributed by atoms with Crippen molar-refractivity contribution in [2.75, 3.05) is 4.90 Å². The summed E-state index contributed by atoms with van der Waals surface area (Å²) < 4.78 is 2.64. The van der Waals surface area contributed by atoms with Gasteiger partial charge in [0.05, 0.1) is 5.69 Å². The summed E-state index contributed by atoms with van der Waals surface area (Å²) in [7, 11) is 0. The van der Waals surface area contributed by atoms with E-state index in [1.807, 2.05) is 11.3 Å². The van der Waals surface area contributed by atoms with Crippen LogP contribution in [0.15, 0.2) is 237 Å². The lowest BCUT2D eigenvalue weighted by Gasteiger charge is -2.28. The monoisotopic (exact) mass is 805 g/mol. The predicted octanol–water partition coefficient (Wildman–Crippen LogP) is 17.7. The molecule has 0 fully saturated rings. The van der Waals surface area contributed by atoms with Crippen LogP contribution in [0.5, 0.6) is 0 Å². The highest BCUT2D eigenvalue weighted by atomic mass is 32.1. The van der Waals surface area contributed by atoms with Gasteiger partial charge >= 0.3 is 0 Å². The van der Waals surface area contributed by atoms with Crippen LogP contribution in [0.1, 0.15) is 0 Å². The zero-order valence-corrected chi connectivity index (χ0v) is 34.7. The molecule has 62 heavy (non-hydrogen) atoms. The molecule has 0 bridgehead atoms. The first-order valence-corrected chi connectivity index (χ1v) is 22.0. The molecule has 1 aromatic heterocycles. The Kier molecular flexibility index (Phi) is 8.76. The van der Waals surface area contributed by atoms with E-state index in [2.05, 4.69) is 241 Å². The first kappa shape index (κ1) is 36.1. The zero-order valence-electron chi connectivity index (χ0n) is 33.9. The number of anilines is 3. The van der Waals surface area contributed by atoms with E-state index < -0.39 is 0 Å². The van der Waals surface area contributed by atoms with Crippen LogP contribution in [0.3, 0.4) is 0 Å². The normalized spacial score (nSPS) is 11.5. The van der Waals surface area contributed by atoms with Crippen molar-refractivity contribution in [1.29, 1.82) is 0 Å². The average molecular weight is 806 g/mol. The molecule has 0 amide bonds. The van der Waals surface area contributed by atoms with Gasteiger partial charge in [0, 0.05) is 37.1 Å².